The fraction of sp³-hybridized carbons (Fsp3) is 0.250. The molecule has 1 saturated carbocycles. The molecule has 2 aromatic rings. The Morgan fingerprint density at radius 3 is 3.07 bits per heavy atom. The van der Waals surface area contributed by atoms with Gasteiger partial charge < -0.3 is 9.21 Å². The first-order valence-corrected chi connectivity index (χ1v) is 4.81. The summed E-state index contributed by atoms with van der Waals surface area (Å²) in [5.74, 6) is 0.605. The minimum absolute atomic E-state index is 0.214. The average molecular weight is 186 g/mol. The maximum atomic E-state index is 10.6. The zero-order chi connectivity index (χ0) is 9.54. The number of hydrogen-bond acceptors (Lipinski definition) is 2. The fourth-order valence-corrected chi connectivity index (χ4v) is 2.03. The Morgan fingerprint density at radius 2 is 2.29 bits per heavy atom. The number of fused-ring (bicyclic) bond motifs is 1. The van der Waals surface area contributed by atoms with Gasteiger partial charge in [-0.1, -0.05) is 18.2 Å². The van der Waals surface area contributed by atoms with E-state index >= 15 is 0 Å². The fourth-order valence-electron chi connectivity index (χ4n) is 2.03. The van der Waals surface area contributed by atoms with E-state index < -0.39 is 0 Å². The lowest BCUT2D eigenvalue weighted by molar-refractivity contribution is -0.108. The SMILES string of the molecule is O=CC1CC1c1cccc2ccoc12. The molecule has 2 heteroatoms. The van der Waals surface area contributed by atoms with E-state index in [4.69, 9.17) is 4.42 Å². The molecule has 2 atom stereocenters. The minimum Gasteiger partial charge on any atom is -0.464 e. The maximum Gasteiger partial charge on any atom is 0.137 e. The largest absolute Gasteiger partial charge is 0.464 e. The first-order valence-electron chi connectivity index (χ1n) is 4.81. The zero-order valence-corrected chi connectivity index (χ0v) is 7.64. The molecule has 0 saturated heterocycles. The Bertz CT molecular complexity index is 484. The van der Waals surface area contributed by atoms with E-state index in [1.54, 1.807) is 6.26 Å². The number of rotatable bonds is 2. The Hall–Kier alpha value is -1.57. The lowest BCUT2D eigenvalue weighted by Gasteiger charge is -1.98. The van der Waals surface area contributed by atoms with E-state index in [0.717, 1.165) is 23.7 Å². The van der Waals surface area contributed by atoms with Gasteiger partial charge in [-0.05, 0) is 24.0 Å². The summed E-state index contributed by atoms with van der Waals surface area (Å²) in [6.07, 6.45) is 3.72. The summed E-state index contributed by atoms with van der Waals surface area (Å²) < 4.78 is 5.43. The second-order valence-corrected chi connectivity index (χ2v) is 3.83. The summed E-state index contributed by atoms with van der Waals surface area (Å²) in [6, 6.07) is 8.06. The molecule has 3 rings (SSSR count). The Balaban J connectivity index is 2.12. The van der Waals surface area contributed by atoms with Gasteiger partial charge in [0, 0.05) is 11.3 Å². The van der Waals surface area contributed by atoms with Crippen LogP contribution >= 0.6 is 0 Å². The number of carbonyl (C=O) groups is 1. The van der Waals surface area contributed by atoms with Gasteiger partial charge in [0.1, 0.15) is 11.9 Å². The van der Waals surface area contributed by atoms with Gasteiger partial charge in [-0.15, -0.1) is 0 Å². The molecular formula is C12H10O2. The van der Waals surface area contributed by atoms with Crippen molar-refractivity contribution in [1.82, 2.24) is 0 Å². The van der Waals surface area contributed by atoms with Crippen LogP contribution in [0.15, 0.2) is 34.9 Å². The Labute approximate surface area is 81.5 Å². The third-order valence-corrected chi connectivity index (χ3v) is 2.92. The quantitative estimate of drug-likeness (QED) is 0.675. The highest BCUT2D eigenvalue weighted by Gasteiger charge is 2.39. The molecule has 0 radical (unpaired) electrons. The second-order valence-electron chi connectivity index (χ2n) is 3.83. The van der Waals surface area contributed by atoms with Gasteiger partial charge in [-0.3, -0.25) is 0 Å². The molecule has 1 aromatic carbocycles. The monoisotopic (exact) mass is 186 g/mol. The Morgan fingerprint density at radius 1 is 1.36 bits per heavy atom. The van der Waals surface area contributed by atoms with Gasteiger partial charge in [0.15, 0.2) is 0 Å². The van der Waals surface area contributed by atoms with Crippen LogP contribution in [-0.4, -0.2) is 6.29 Å². The molecule has 0 bridgehead atoms. The number of benzene rings is 1. The number of aldehydes is 1. The molecule has 1 fully saturated rings. The van der Waals surface area contributed by atoms with E-state index in [1.165, 1.54) is 5.56 Å². The highest BCUT2D eigenvalue weighted by Crippen LogP contribution is 2.48. The van der Waals surface area contributed by atoms with Crippen LogP contribution in [0.1, 0.15) is 17.9 Å². The van der Waals surface area contributed by atoms with Crippen molar-refractivity contribution in [1.29, 1.82) is 0 Å². The van der Waals surface area contributed by atoms with Crippen molar-refractivity contribution in [2.45, 2.75) is 12.3 Å². The molecule has 1 aliphatic carbocycles. The average Bonchev–Trinajstić information content (AvgIpc) is 2.85. The molecule has 1 aliphatic rings. The summed E-state index contributed by atoms with van der Waals surface area (Å²) in [5, 5.41) is 1.12. The van der Waals surface area contributed by atoms with Crippen LogP contribution in [-0.2, 0) is 4.79 Å². The van der Waals surface area contributed by atoms with Gasteiger partial charge in [-0.25, -0.2) is 0 Å². The highest BCUT2D eigenvalue weighted by atomic mass is 16.3. The predicted octanol–water partition coefficient (Wildman–Crippen LogP) is 2.74. The first-order chi connectivity index (χ1) is 6.90. The van der Waals surface area contributed by atoms with Crippen LogP contribution in [0.2, 0.25) is 0 Å². The minimum atomic E-state index is 0.214. The second kappa shape index (κ2) is 2.71. The van der Waals surface area contributed by atoms with Crippen LogP contribution in [0.3, 0.4) is 0 Å². The third kappa shape index (κ3) is 1.00. The van der Waals surface area contributed by atoms with Gasteiger partial charge >= 0.3 is 0 Å². The van der Waals surface area contributed by atoms with Crippen molar-refractivity contribution in [2.75, 3.05) is 0 Å². The topological polar surface area (TPSA) is 30.2 Å². The normalized spacial score (nSPS) is 25.1. The van der Waals surface area contributed by atoms with Crippen molar-refractivity contribution in [2.24, 2.45) is 5.92 Å². The molecule has 1 aromatic heterocycles. The van der Waals surface area contributed by atoms with Crippen molar-refractivity contribution in [3.8, 4) is 0 Å². The molecule has 1 heterocycles. The molecular weight excluding hydrogens is 176 g/mol. The third-order valence-electron chi connectivity index (χ3n) is 2.92. The van der Waals surface area contributed by atoms with Gasteiger partial charge in [0.25, 0.3) is 0 Å². The van der Waals surface area contributed by atoms with Gasteiger partial charge in [0.2, 0.25) is 0 Å². The first kappa shape index (κ1) is 7.80. The van der Waals surface area contributed by atoms with Crippen molar-refractivity contribution < 1.29 is 9.21 Å². The zero-order valence-electron chi connectivity index (χ0n) is 7.64. The van der Waals surface area contributed by atoms with E-state index in [9.17, 15) is 4.79 Å². The van der Waals surface area contributed by atoms with Crippen LogP contribution in [0.5, 0.6) is 0 Å². The smallest absolute Gasteiger partial charge is 0.137 e. The highest BCUT2D eigenvalue weighted by molar-refractivity contribution is 5.82. The summed E-state index contributed by atoms with van der Waals surface area (Å²) in [4.78, 5) is 10.6. The van der Waals surface area contributed by atoms with E-state index in [1.807, 2.05) is 18.2 Å². The summed E-state index contributed by atoms with van der Waals surface area (Å²) >= 11 is 0. The lowest BCUT2D eigenvalue weighted by atomic mass is 10.1. The van der Waals surface area contributed by atoms with E-state index in [0.29, 0.717) is 5.92 Å². The van der Waals surface area contributed by atoms with Gasteiger partial charge in [0.05, 0.1) is 6.26 Å². The summed E-state index contributed by atoms with van der Waals surface area (Å²) in [6.45, 7) is 0. The standard InChI is InChI=1S/C12H10O2/c13-7-9-6-11(9)10-3-1-2-8-4-5-14-12(8)10/h1-5,7,9,11H,6H2. The van der Waals surface area contributed by atoms with Gasteiger partial charge in [-0.2, -0.15) is 0 Å². The van der Waals surface area contributed by atoms with E-state index in [2.05, 4.69) is 6.07 Å². The summed E-state index contributed by atoms with van der Waals surface area (Å²) in [5.41, 5.74) is 2.13. The summed E-state index contributed by atoms with van der Waals surface area (Å²) in [7, 11) is 0. The molecule has 0 aliphatic heterocycles. The Kier molecular flexibility index (Phi) is 1.51. The maximum absolute atomic E-state index is 10.6. The number of para-hydroxylation sites is 1. The van der Waals surface area contributed by atoms with Crippen molar-refractivity contribution in [3.63, 3.8) is 0 Å². The van der Waals surface area contributed by atoms with Crippen LogP contribution in [0.4, 0.5) is 0 Å². The number of carbonyl (C=O) groups excluding carboxylic acids is 1. The van der Waals surface area contributed by atoms with Crippen molar-refractivity contribution >= 4 is 17.3 Å². The molecule has 2 unspecified atom stereocenters. The molecule has 70 valence electrons. The molecule has 2 nitrogen and oxygen atoms in total. The molecule has 0 spiro atoms. The van der Waals surface area contributed by atoms with E-state index in [-0.39, 0.29) is 5.92 Å². The number of furan rings is 1. The lowest BCUT2D eigenvalue weighted by Crippen LogP contribution is -1.84. The van der Waals surface area contributed by atoms with Crippen LogP contribution in [0.25, 0.3) is 11.0 Å². The predicted molar refractivity (Wildman–Crippen MR) is 53.1 cm³/mol. The van der Waals surface area contributed by atoms with Crippen LogP contribution in [0, 0.1) is 5.92 Å². The molecule has 0 N–H and O–H groups in total. The van der Waals surface area contributed by atoms with Crippen LogP contribution < -0.4 is 0 Å². The molecule has 0 amide bonds. The molecule has 14 heavy (non-hydrogen) atoms. The number of hydrogen-bond donors (Lipinski definition) is 0. The van der Waals surface area contributed by atoms with Crippen molar-refractivity contribution in [3.05, 3.63) is 36.1 Å².